The van der Waals surface area contributed by atoms with Crippen molar-refractivity contribution < 1.29 is 18.0 Å². The van der Waals surface area contributed by atoms with Crippen molar-refractivity contribution in [1.29, 1.82) is 0 Å². The maximum Gasteiger partial charge on any atom is 0.391 e. The fraction of sp³-hybridized carbons (Fsp3) is 0.412. The highest BCUT2D eigenvalue weighted by Crippen LogP contribution is 2.34. The van der Waals surface area contributed by atoms with Gasteiger partial charge in [0.25, 0.3) is 5.91 Å². The summed E-state index contributed by atoms with van der Waals surface area (Å²) in [6.07, 6.45) is -4.24. The highest BCUT2D eigenvalue weighted by molar-refractivity contribution is 7.08. The van der Waals surface area contributed by atoms with Gasteiger partial charge < -0.3 is 4.90 Å². The van der Waals surface area contributed by atoms with Gasteiger partial charge in [-0.1, -0.05) is 0 Å². The van der Waals surface area contributed by atoms with E-state index < -0.39 is 12.1 Å². The molecule has 1 saturated heterocycles. The van der Waals surface area contributed by atoms with Crippen LogP contribution in [0, 0.1) is 12.8 Å². The molecular weight excluding hydrogens is 337 g/mol. The number of hydrogen-bond donors (Lipinski definition) is 0. The van der Waals surface area contributed by atoms with E-state index >= 15 is 0 Å². The summed E-state index contributed by atoms with van der Waals surface area (Å²) in [6.45, 7) is 2.02. The topological polar surface area (TPSA) is 33.2 Å². The fourth-order valence-corrected chi connectivity index (χ4v) is 3.59. The third-order valence-corrected chi connectivity index (χ3v) is 5.06. The van der Waals surface area contributed by atoms with Crippen LogP contribution >= 0.6 is 11.3 Å². The van der Waals surface area contributed by atoms with Crippen LogP contribution in [0.4, 0.5) is 13.2 Å². The monoisotopic (exact) mass is 354 g/mol. The highest BCUT2D eigenvalue weighted by atomic mass is 32.1. The van der Waals surface area contributed by atoms with Crippen LogP contribution in [0.3, 0.4) is 0 Å². The Bertz CT molecular complexity index is 720. The van der Waals surface area contributed by atoms with Gasteiger partial charge in [0.2, 0.25) is 0 Å². The van der Waals surface area contributed by atoms with E-state index in [1.54, 1.807) is 30.4 Å². The van der Waals surface area contributed by atoms with E-state index in [0.29, 0.717) is 11.3 Å². The quantitative estimate of drug-likeness (QED) is 0.794. The van der Waals surface area contributed by atoms with Crippen LogP contribution < -0.4 is 0 Å². The second-order valence-electron chi connectivity index (χ2n) is 5.95. The lowest BCUT2D eigenvalue weighted by Gasteiger charge is -2.33. The number of thiophene rings is 1. The summed E-state index contributed by atoms with van der Waals surface area (Å²) in [6, 6.07) is 5.45. The Kier molecular flexibility index (Phi) is 4.62. The van der Waals surface area contributed by atoms with Gasteiger partial charge in [0, 0.05) is 24.0 Å². The maximum atomic E-state index is 12.7. The number of nitrogens with zero attached hydrogens (tertiary/aromatic N) is 2. The van der Waals surface area contributed by atoms with Crippen LogP contribution in [0.1, 0.15) is 28.9 Å². The van der Waals surface area contributed by atoms with E-state index in [9.17, 15) is 18.0 Å². The molecule has 0 saturated carbocycles. The molecule has 24 heavy (non-hydrogen) atoms. The van der Waals surface area contributed by atoms with Crippen LogP contribution in [0.2, 0.25) is 0 Å². The van der Waals surface area contributed by atoms with Crippen molar-refractivity contribution in [2.75, 3.05) is 13.1 Å². The van der Waals surface area contributed by atoms with E-state index in [0.717, 1.165) is 11.3 Å². The Morgan fingerprint density at radius 3 is 2.50 bits per heavy atom. The van der Waals surface area contributed by atoms with Gasteiger partial charge in [-0.25, -0.2) is 0 Å². The molecule has 0 spiro atoms. The number of piperidine rings is 1. The first-order valence-electron chi connectivity index (χ1n) is 7.72. The first-order valence-corrected chi connectivity index (χ1v) is 8.67. The van der Waals surface area contributed by atoms with Gasteiger partial charge in [-0.15, -0.1) is 0 Å². The molecule has 2 aromatic rings. The third-order valence-electron chi connectivity index (χ3n) is 4.38. The number of halogens is 3. The summed E-state index contributed by atoms with van der Waals surface area (Å²) < 4.78 is 38.2. The number of hydrogen-bond acceptors (Lipinski definition) is 3. The number of carbonyl (C=O) groups excluding carboxylic acids is 1. The molecule has 3 nitrogen and oxygen atoms in total. The van der Waals surface area contributed by atoms with Gasteiger partial charge in [0.05, 0.1) is 22.9 Å². The van der Waals surface area contributed by atoms with Crippen molar-refractivity contribution in [2.24, 2.45) is 5.92 Å². The normalized spacial score (nSPS) is 16.4. The predicted molar refractivity (Wildman–Crippen MR) is 87.0 cm³/mol. The Morgan fingerprint density at radius 2 is 1.96 bits per heavy atom. The van der Waals surface area contributed by atoms with Crippen LogP contribution in [-0.4, -0.2) is 35.1 Å². The van der Waals surface area contributed by atoms with Crippen LogP contribution in [0.25, 0.3) is 11.3 Å². The minimum Gasteiger partial charge on any atom is -0.339 e. The van der Waals surface area contributed by atoms with Crippen molar-refractivity contribution >= 4 is 17.2 Å². The highest BCUT2D eigenvalue weighted by Gasteiger charge is 2.41. The first-order chi connectivity index (χ1) is 11.4. The summed E-state index contributed by atoms with van der Waals surface area (Å²) in [5.41, 5.74) is 2.84. The number of carbonyl (C=O) groups is 1. The van der Waals surface area contributed by atoms with E-state index in [1.165, 1.54) is 4.90 Å². The Balaban J connectivity index is 1.72. The number of pyridine rings is 1. The van der Waals surface area contributed by atoms with Crippen molar-refractivity contribution in [1.82, 2.24) is 9.88 Å². The van der Waals surface area contributed by atoms with Crippen molar-refractivity contribution in [2.45, 2.75) is 25.9 Å². The predicted octanol–water partition coefficient (Wildman–Crippen LogP) is 4.53. The van der Waals surface area contributed by atoms with Crippen molar-refractivity contribution in [3.63, 3.8) is 0 Å². The molecule has 0 unspecified atom stereocenters. The molecular formula is C17H17F3N2OS. The molecule has 0 N–H and O–H groups in total. The number of rotatable bonds is 2. The van der Waals surface area contributed by atoms with Gasteiger partial charge >= 0.3 is 6.18 Å². The molecule has 0 aliphatic carbocycles. The first kappa shape index (κ1) is 17.0. The third kappa shape index (κ3) is 3.45. The molecule has 1 aliphatic heterocycles. The standard InChI is InChI=1S/C17H17F3N2OS/c1-11-14(2-3-15(21-11)12-6-9-24-10-12)16(23)22-7-4-13(5-8-22)17(18,19)20/h2-3,6,9-10,13H,4-5,7-8H2,1H3. The summed E-state index contributed by atoms with van der Waals surface area (Å²) in [5, 5.41) is 3.93. The SMILES string of the molecule is Cc1nc(-c2ccsc2)ccc1C(=O)N1CCC(C(F)(F)F)CC1. The molecule has 128 valence electrons. The zero-order chi connectivity index (χ0) is 17.3. The molecule has 3 heterocycles. The number of aryl methyl sites for hydroxylation is 1. The van der Waals surface area contributed by atoms with Gasteiger partial charge in [-0.3, -0.25) is 9.78 Å². The van der Waals surface area contributed by atoms with Gasteiger partial charge in [0.1, 0.15) is 0 Å². The lowest BCUT2D eigenvalue weighted by atomic mass is 9.95. The summed E-state index contributed by atoms with van der Waals surface area (Å²) in [5.74, 6) is -1.54. The maximum absolute atomic E-state index is 12.7. The smallest absolute Gasteiger partial charge is 0.339 e. The summed E-state index contributed by atoms with van der Waals surface area (Å²) >= 11 is 1.57. The van der Waals surface area contributed by atoms with Gasteiger partial charge in [-0.2, -0.15) is 24.5 Å². The van der Waals surface area contributed by atoms with Gasteiger partial charge in [0.15, 0.2) is 0 Å². The number of alkyl halides is 3. The Labute approximate surface area is 142 Å². The minimum atomic E-state index is -4.17. The molecule has 7 heteroatoms. The summed E-state index contributed by atoms with van der Waals surface area (Å²) in [7, 11) is 0. The fourth-order valence-electron chi connectivity index (χ4n) is 2.94. The van der Waals surface area contributed by atoms with E-state index in [-0.39, 0.29) is 31.8 Å². The minimum absolute atomic E-state index is 0.0330. The molecule has 1 amide bonds. The lowest BCUT2D eigenvalue weighted by Crippen LogP contribution is -2.42. The molecule has 0 atom stereocenters. The molecule has 3 rings (SSSR count). The average Bonchev–Trinajstić information content (AvgIpc) is 3.08. The average molecular weight is 354 g/mol. The zero-order valence-electron chi connectivity index (χ0n) is 13.1. The molecule has 1 aliphatic rings. The van der Waals surface area contributed by atoms with E-state index in [2.05, 4.69) is 4.98 Å². The molecule has 0 radical (unpaired) electrons. The van der Waals surface area contributed by atoms with Crippen molar-refractivity contribution in [3.05, 3.63) is 40.2 Å². The number of aromatic nitrogens is 1. The number of amides is 1. The van der Waals surface area contributed by atoms with Crippen LogP contribution in [0.5, 0.6) is 0 Å². The van der Waals surface area contributed by atoms with E-state index in [1.807, 2.05) is 16.8 Å². The molecule has 0 bridgehead atoms. The van der Waals surface area contributed by atoms with Crippen LogP contribution in [0.15, 0.2) is 29.0 Å². The van der Waals surface area contributed by atoms with Crippen LogP contribution in [-0.2, 0) is 0 Å². The Morgan fingerprint density at radius 1 is 1.25 bits per heavy atom. The van der Waals surface area contributed by atoms with E-state index in [4.69, 9.17) is 0 Å². The molecule has 0 aromatic carbocycles. The lowest BCUT2D eigenvalue weighted by molar-refractivity contribution is -0.183. The molecule has 1 fully saturated rings. The number of likely N-dealkylation sites (tertiary alicyclic amines) is 1. The van der Waals surface area contributed by atoms with Crippen molar-refractivity contribution in [3.8, 4) is 11.3 Å². The van der Waals surface area contributed by atoms with Gasteiger partial charge in [-0.05, 0) is 43.3 Å². The second-order valence-corrected chi connectivity index (χ2v) is 6.73. The molecule has 2 aromatic heterocycles. The zero-order valence-corrected chi connectivity index (χ0v) is 14.0. The second kappa shape index (κ2) is 6.55. The largest absolute Gasteiger partial charge is 0.391 e. The summed E-state index contributed by atoms with van der Waals surface area (Å²) in [4.78, 5) is 18.5. The Hall–Kier alpha value is -1.89.